The quantitative estimate of drug-likeness (QED) is 0.474. The number of hydrogen-bond acceptors (Lipinski definition) is 5. The smallest absolute Gasteiger partial charge is 0.310 e. The minimum absolute atomic E-state index is 0.0546. The van der Waals surface area contributed by atoms with E-state index in [1.165, 1.54) is 12.1 Å². The van der Waals surface area contributed by atoms with Gasteiger partial charge >= 0.3 is 5.97 Å². The van der Waals surface area contributed by atoms with Crippen LogP contribution >= 0.6 is 11.6 Å². The molecule has 4 bridgehead atoms. The standard InChI is InChI=1S/C25H22ClF2NO4/c1-2-32-25(30)11-16-10-21(27)19-9-17(16)13-31-7-6-15-8-18(26)12-22(28)20(15)14-33-24-5-3-4-23(19)29-24/h3-5,8-10,12H,2,6-7,11,13-14H2,1H3. The van der Waals surface area contributed by atoms with Crippen molar-refractivity contribution in [2.75, 3.05) is 13.2 Å². The molecule has 33 heavy (non-hydrogen) atoms. The highest BCUT2D eigenvalue weighted by Gasteiger charge is 2.18. The Morgan fingerprint density at radius 3 is 2.79 bits per heavy atom. The van der Waals surface area contributed by atoms with Crippen molar-refractivity contribution >= 4 is 17.6 Å². The van der Waals surface area contributed by atoms with E-state index in [2.05, 4.69) is 4.98 Å². The molecule has 0 spiro atoms. The van der Waals surface area contributed by atoms with Crippen LogP contribution in [0.4, 0.5) is 8.78 Å². The first kappa shape index (κ1) is 23.1. The normalized spacial score (nSPS) is 13.5. The van der Waals surface area contributed by atoms with Gasteiger partial charge in [-0.3, -0.25) is 4.79 Å². The van der Waals surface area contributed by atoms with Gasteiger partial charge in [0.2, 0.25) is 5.88 Å². The van der Waals surface area contributed by atoms with Crippen LogP contribution in [0.5, 0.6) is 5.88 Å². The zero-order chi connectivity index (χ0) is 23.4. The third kappa shape index (κ3) is 5.49. The van der Waals surface area contributed by atoms with E-state index in [4.69, 9.17) is 25.8 Å². The molecule has 8 heteroatoms. The zero-order valence-corrected chi connectivity index (χ0v) is 18.8. The Hall–Kier alpha value is -3.03. The maximum atomic E-state index is 15.0. The first-order valence-corrected chi connectivity index (χ1v) is 10.9. The van der Waals surface area contributed by atoms with Crippen molar-refractivity contribution in [3.63, 3.8) is 0 Å². The Morgan fingerprint density at radius 2 is 1.97 bits per heavy atom. The summed E-state index contributed by atoms with van der Waals surface area (Å²) in [5.74, 6) is -1.22. The number of esters is 1. The van der Waals surface area contributed by atoms with Gasteiger partial charge in [0.15, 0.2) is 0 Å². The van der Waals surface area contributed by atoms with E-state index in [1.807, 2.05) is 0 Å². The molecule has 0 fully saturated rings. The van der Waals surface area contributed by atoms with Gasteiger partial charge in [0.05, 0.1) is 31.9 Å². The second-order valence-electron chi connectivity index (χ2n) is 7.56. The number of pyridine rings is 1. The molecule has 1 aromatic heterocycles. The third-order valence-electron chi connectivity index (χ3n) is 5.32. The van der Waals surface area contributed by atoms with E-state index in [1.54, 1.807) is 37.3 Å². The Morgan fingerprint density at radius 1 is 1.12 bits per heavy atom. The van der Waals surface area contributed by atoms with Crippen LogP contribution in [0, 0.1) is 11.6 Å². The van der Waals surface area contributed by atoms with Crippen molar-refractivity contribution in [3.05, 3.63) is 81.4 Å². The van der Waals surface area contributed by atoms with Crippen molar-refractivity contribution in [2.24, 2.45) is 0 Å². The SMILES string of the molecule is CCOC(=O)Cc1cc(F)c2cc1COCCc1cc(Cl)cc(F)c1COc1cccc-2n1. The molecule has 0 radical (unpaired) electrons. The van der Waals surface area contributed by atoms with Crippen molar-refractivity contribution in [1.29, 1.82) is 0 Å². The van der Waals surface area contributed by atoms with Crippen LogP contribution in [0.1, 0.15) is 29.2 Å². The van der Waals surface area contributed by atoms with Crippen LogP contribution in [-0.2, 0) is 40.3 Å². The van der Waals surface area contributed by atoms with E-state index in [9.17, 15) is 9.18 Å². The lowest BCUT2D eigenvalue weighted by atomic mass is 9.99. The topological polar surface area (TPSA) is 57.7 Å². The summed E-state index contributed by atoms with van der Waals surface area (Å²) in [5.41, 5.74) is 2.75. The summed E-state index contributed by atoms with van der Waals surface area (Å²) in [6.07, 6.45) is 0.314. The molecule has 1 aliphatic heterocycles. The van der Waals surface area contributed by atoms with E-state index >= 15 is 4.39 Å². The fraction of sp³-hybridized carbons (Fsp3) is 0.280. The summed E-state index contributed by atoms with van der Waals surface area (Å²) in [5, 5.41) is 0.285. The molecule has 0 aliphatic carbocycles. The lowest BCUT2D eigenvalue weighted by Gasteiger charge is -2.16. The van der Waals surface area contributed by atoms with Crippen molar-refractivity contribution in [1.82, 2.24) is 4.98 Å². The predicted octanol–water partition coefficient (Wildman–Crippen LogP) is 5.44. The molecule has 3 aromatic rings. The van der Waals surface area contributed by atoms with E-state index in [0.29, 0.717) is 34.4 Å². The molecule has 4 rings (SSSR count). The second kappa shape index (κ2) is 10.3. The summed E-state index contributed by atoms with van der Waals surface area (Å²) in [6, 6.07) is 10.8. The van der Waals surface area contributed by atoms with Gasteiger partial charge in [0.1, 0.15) is 18.2 Å². The number of carbonyl (C=O) groups excluding carboxylic acids is 1. The van der Waals surface area contributed by atoms with Gasteiger partial charge in [0, 0.05) is 22.2 Å². The number of rotatable bonds is 3. The monoisotopic (exact) mass is 473 g/mol. The lowest BCUT2D eigenvalue weighted by molar-refractivity contribution is -0.142. The minimum Gasteiger partial charge on any atom is -0.473 e. The molecule has 0 N–H and O–H groups in total. The van der Waals surface area contributed by atoms with Crippen LogP contribution in [0.25, 0.3) is 11.3 Å². The predicted molar refractivity (Wildman–Crippen MR) is 119 cm³/mol. The molecule has 2 heterocycles. The highest BCUT2D eigenvalue weighted by molar-refractivity contribution is 6.30. The lowest BCUT2D eigenvalue weighted by Crippen LogP contribution is -2.12. The molecule has 1 aliphatic rings. The Balaban J connectivity index is 1.75. The van der Waals surface area contributed by atoms with Crippen molar-refractivity contribution in [3.8, 4) is 17.1 Å². The number of benzene rings is 2. The summed E-state index contributed by atoms with van der Waals surface area (Å²) < 4.78 is 46.2. The largest absolute Gasteiger partial charge is 0.473 e. The Kier molecular flexibility index (Phi) is 7.20. The van der Waals surface area contributed by atoms with Crippen LogP contribution < -0.4 is 4.74 Å². The van der Waals surface area contributed by atoms with E-state index in [-0.39, 0.29) is 49.3 Å². The van der Waals surface area contributed by atoms with Crippen LogP contribution in [0.2, 0.25) is 5.02 Å². The molecule has 2 aromatic carbocycles. The summed E-state index contributed by atoms with van der Waals surface area (Å²) in [4.78, 5) is 16.4. The number of aromatic nitrogens is 1. The molecular weight excluding hydrogens is 452 g/mol. The van der Waals surface area contributed by atoms with E-state index in [0.717, 1.165) is 0 Å². The number of nitrogens with zero attached hydrogens (tertiary/aromatic N) is 1. The molecule has 0 saturated carbocycles. The van der Waals surface area contributed by atoms with Gasteiger partial charge < -0.3 is 14.2 Å². The Bertz CT molecular complexity index is 1190. The van der Waals surface area contributed by atoms with Crippen LogP contribution in [0.3, 0.4) is 0 Å². The molecule has 0 atom stereocenters. The Labute approximate surface area is 195 Å². The number of halogens is 3. The van der Waals surface area contributed by atoms with Crippen molar-refractivity contribution in [2.45, 2.75) is 33.0 Å². The molecule has 0 amide bonds. The molecule has 172 valence electrons. The maximum Gasteiger partial charge on any atom is 0.310 e. The van der Waals surface area contributed by atoms with Gasteiger partial charge in [-0.2, -0.15) is 0 Å². The molecule has 0 saturated heterocycles. The fourth-order valence-corrected chi connectivity index (χ4v) is 3.95. The fourth-order valence-electron chi connectivity index (χ4n) is 3.72. The van der Waals surface area contributed by atoms with Crippen molar-refractivity contribution < 1.29 is 27.8 Å². The molecule has 5 nitrogen and oxygen atoms in total. The van der Waals surface area contributed by atoms with Gasteiger partial charge in [-0.05, 0) is 60.4 Å². The molecule has 0 unspecified atom stereocenters. The summed E-state index contributed by atoms with van der Waals surface area (Å²) in [7, 11) is 0. The van der Waals surface area contributed by atoms with Crippen LogP contribution in [0.15, 0.2) is 42.5 Å². The highest BCUT2D eigenvalue weighted by Crippen LogP contribution is 2.29. The van der Waals surface area contributed by atoms with Gasteiger partial charge in [-0.15, -0.1) is 0 Å². The zero-order valence-electron chi connectivity index (χ0n) is 18.0. The number of fused-ring (bicyclic) bond motifs is 6. The first-order valence-electron chi connectivity index (χ1n) is 10.6. The number of carbonyl (C=O) groups is 1. The summed E-state index contributed by atoms with van der Waals surface area (Å²) in [6.45, 7) is 2.29. The third-order valence-corrected chi connectivity index (χ3v) is 5.54. The number of ether oxygens (including phenoxy) is 3. The van der Waals surface area contributed by atoms with Crippen LogP contribution in [-0.4, -0.2) is 24.2 Å². The number of hydrogen-bond donors (Lipinski definition) is 0. The highest BCUT2D eigenvalue weighted by atomic mass is 35.5. The molecular formula is C25H22ClF2NO4. The average Bonchev–Trinajstić information content (AvgIpc) is 2.77. The average molecular weight is 474 g/mol. The van der Waals surface area contributed by atoms with E-state index < -0.39 is 17.6 Å². The van der Waals surface area contributed by atoms with Gasteiger partial charge in [-0.1, -0.05) is 17.7 Å². The van der Waals surface area contributed by atoms with Gasteiger partial charge in [0.25, 0.3) is 0 Å². The first-order chi connectivity index (χ1) is 15.9. The second-order valence-corrected chi connectivity index (χ2v) is 8.00. The summed E-state index contributed by atoms with van der Waals surface area (Å²) >= 11 is 6.05. The van der Waals surface area contributed by atoms with Gasteiger partial charge in [-0.25, -0.2) is 13.8 Å². The maximum absolute atomic E-state index is 15.0. The minimum atomic E-state index is -0.527.